The molecule has 0 radical (unpaired) electrons. The van der Waals surface area contributed by atoms with E-state index in [1.807, 2.05) is 0 Å². The number of hydrogen-bond donors (Lipinski definition) is 3. The number of hydrazone groups is 1. The van der Waals surface area contributed by atoms with E-state index in [1.54, 1.807) is 0 Å². The minimum atomic E-state index is -1.23. The maximum atomic E-state index is 11.0. The Morgan fingerprint density at radius 2 is 2.38 bits per heavy atom. The molecular formula is C7H10N2O4. The van der Waals surface area contributed by atoms with Crippen LogP contribution >= 0.6 is 0 Å². The molecule has 6 nitrogen and oxygen atoms in total. The van der Waals surface area contributed by atoms with Gasteiger partial charge in [0.1, 0.15) is 0 Å². The molecule has 0 spiro atoms. The molecule has 2 unspecified atom stereocenters. The van der Waals surface area contributed by atoms with Gasteiger partial charge in [0.15, 0.2) is 5.71 Å². The minimum Gasteiger partial charge on any atom is -0.477 e. The van der Waals surface area contributed by atoms with Crippen LogP contribution < -0.4 is 5.43 Å². The summed E-state index contributed by atoms with van der Waals surface area (Å²) in [5, 5.41) is 21.0. The number of aliphatic hydroxyl groups excluding tert-OH is 1. The smallest absolute Gasteiger partial charge is 0.352 e. The molecule has 1 amide bonds. The quantitative estimate of drug-likeness (QED) is 0.523. The van der Waals surface area contributed by atoms with Crippen LogP contribution in [-0.2, 0) is 9.59 Å². The number of nitrogens with zero attached hydrogens (tertiary/aromatic N) is 1. The summed E-state index contributed by atoms with van der Waals surface area (Å²) in [5.41, 5.74) is 1.83. The molecule has 0 aliphatic carbocycles. The first-order chi connectivity index (χ1) is 6.02. The minimum absolute atomic E-state index is 0.0803. The van der Waals surface area contributed by atoms with Crippen molar-refractivity contribution in [3.63, 3.8) is 0 Å². The second-order valence-corrected chi connectivity index (χ2v) is 2.92. The molecule has 0 fully saturated rings. The Labute approximate surface area is 74.2 Å². The predicted octanol–water partition coefficient (Wildman–Crippen LogP) is -1.06. The number of carbonyl (C=O) groups is 2. The molecule has 0 saturated heterocycles. The maximum Gasteiger partial charge on any atom is 0.352 e. The van der Waals surface area contributed by atoms with E-state index in [0.29, 0.717) is 0 Å². The second-order valence-electron chi connectivity index (χ2n) is 2.92. The van der Waals surface area contributed by atoms with Crippen LogP contribution in [-0.4, -0.2) is 33.9 Å². The molecule has 1 heterocycles. The van der Waals surface area contributed by atoms with Crippen molar-refractivity contribution in [3.8, 4) is 0 Å². The highest BCUT2D eigenvalue weighted by molar-refractivity contribution is 6.41. The van der Waals surface area contributed by atoms with Gasteiger partial charge in [-0.15, -0.1) is 0 Å². The van der Waals surface area contributed by atoms with E-state index in [1.165, 1.54) is 6.92 Å². The standard InChI is InChI=1S/C7H10N2O4/c1-3(10)2-4-5(7(12)13)8-9-6(4)11/h3-4,10H,2H2,1H3,(H,9,11)(H,12,13). The van der Waals surface area contributed by atoms with Gasteiger partial charge in [0.05, 0.1) is 12.0 Å². The summed E-state index contributed by atoms with van der Waals surface area (Å²) >= 11 is 0. The summed E-state index contributed by atoms with van der Waals surface area (Å²) in [5.74, 6) is -2.54. The van der Waals surface area contributed by atoms with Crippen molar-refractivity contribution in [2.45, 2.75) is 19.4 Å². The fourth-order valence-corrected chi connectivity index (χ4v) is 1.15. The lowest BCUT2D eigenvalue weighted by Gasteiger charge is -2.08. The highest BCUT2D eigenvalue weighted by atomic mass is 16.4. The summed E-state index contributed by atoms with van der Waals surface area (Å²) in [7, 11) is 0. The van der Waals surface area contributed by atoms with Crippen LogP contribution in [0.3, 0.4) is 0 Å². The van der Waals surface area contributed by atoms with Gasteiger partial charge >= 0.3 is 5.97 Å². The SMILES string of the molecule is CC(O)CC1C(=O)NN=C1C(=O)O. The third-order valence-corrected chi connectivity index (χ3v) is 1.73. The fourth-order valence-electron chi connectivity index (χ4n) is 1.15. The molecule has 1 rings (SSSR count). The van der Waals surface area contributed by atoms with Gasteiger partial charge in [-0.3, -0.25) is 4.79 Å². The topological polar surface area (TPSA) is 99.0 Å². The largest absolute Gasteiger partial charge is 0.477 e. The van der Waals surface area contributed by atoms with Crippen molar-refractivity contribution in [3.05, 3.63) is 0 Å². The van der Waals surface area contributed by atoms with Crippen molar-refractivity contribution >= 4 is 17.6 Å². The molecule has 6 heteroatoms. The summed E-state index contributed by atoms with van der Waals surface area (Å²) in [6.07, 6.45) is -0.643. The van der Waals surface area contributed by atoms with Crippen LogP contribution in [0.2, 0.25) is 0 Å². The second kappa shape index (κ2) is 3.53. The number of rotatable bonds is 3. The zero-order valence-electron chi connectivity index (χ0n) is 7.02. The van der Waals surface area contributed by atoms with Crippen LogP contribution in [0.25, 0.3) is 0 Å². The molecule has 0 saturated carbocycles. The van der Waals surface area contributed by atoms with E-state index < -0.39 is 23.9 Å². The fraction of sp³-hybridized carbons (Fsp3) is 0.571. The van der Waals surface area contributed by atoms with Crippen LogP contribution in [0.5, 0.6) is 0 Å². The molecule has 0 aromatic rings. The van der Waals surface area contributed by atoms with Crippen LogP contribution in [0.1, 0.15) is 13.3 Å². The van der Waals surface area contributed by atoms with Crippen molar-refractivity contribution in [1.29, 1.82) is 0 Å². The van der Waals surface area contributed by atoms with E-state index in [-0.39, 0.29) is 12.1 Å². The molecule has 0 aromatic carbocycles. The number of aliphatic carboxylic acids is 1. The van der Waals surface area contributed by atoms with Crippen molar-refractivity contribution < 1.29 is 19.8 Å². The highest BCUT2D eigenvalue weighted by Crippen LogP contribution is 2.14. The van der Waals surface area contributed by atoms with Crippen molar-refractivity contribution in [2.24, 2.45) is 11.0 Å². The molecule has 1 aliphatic heterocycles. The average Bonchev–Trinajstić information content (AvgIpc) is 2.32. The van der Waals surface area contributed by atoms with E-state index in [9.17, 15) is 9.59 Å². The van der Waals surface area contributed by atoms with Gasteiger partial charge in [-0.1, -0.05) is 0 Å². The van der Waals surface area contributed by atoms with E-state index in [4.69, 9.17) is 10.2 Å². The molecule has 13 heavy (non-hydrogen) atoms. The summed E-state index contributed by atoms with van der Waals surface area (Å²) in [4.78, 5) is 21.6. The molecule has 0 bridgehead atoms. The Morgan fingerprint density at radius 3 is 2.85 bits per heavy atom. The Bertz CT molecular complexity index is 272. The Morgan fingerprint density at radius 1 is 1.77 bits per heavy atom. The predicted molar refractivity (Wildman–Crippen MR) is 43.0 cm³/mol. The normalized spacial score (nSPS) is 23.7. The Balaban J connectivity index is 2.74. The average molecular weight is 186 g/mol. The first-order valence-corrected chi connectivity index (χ1v) is 3.81. The Kier molecular flexibility index (Phi) is 2.62. The van der Waals surface area contributed by atoms with E-state index >= 15 is 0 Å². The zero-order chi connectivity index (χ0) is 10.0. The van der Waals surface area contributed by atoms with Gasteiger partial charge in [-0.2, -0.15) is 5.10 Å². The molecule has 0 aromatic heterocycles. The lowest BCUT2D eigenvalue weighted by molar-refractivity contribution is -0.130. The molecule has 3 N–H and O–H groups in total. The number of amides is 1. The zero-order valence-corrected chi connectivity index (χ0v) is 7.02. The summed E-state index contributed by atoms with van der Waals surface area (Å²) in [6.45, 7) is 1.49. The van der Waals surface area contributed by atoms with Crippen LogP contribution in [0.4, 0.5) is 0 Å². The van der Waals surface area contributed by atoms with Crippen LogP contribution in [0.15, 0.2) is 5.10 Å². The van der Waals surface area contributed by atoms with Gasteiger partial charge in [0.25, 0.3) is 0 Å². The third kappa shape index (κ3) is 2.03. The summed E-state index contributed by atoms with van der Waals surface area (Å²) in [6, 6.07) is 0. The molecular weight excluding hydrogens is 176 g/mol. The van der Waals surface area contributed by atoms with Crippen molar-refractivity contribution in [1.82, 2.24) is 5.43 Å². The third-order valence-electron chi connectivity index (χ3n) is 1.73. The summed E-state index contributed by atoms with van der Waals surface area (Å²) < 4.78 is 0. The molecule has 2 atom stereocenters. The number of carboxylic acids is 1. The first kappa shape index (κ1) is 9.66. The van der Waals surface area contributed by atoms with Crippen LogP contribution in [0, 0.1) is 5.92 Å². The molecule has 72 valence electrons. The van der Waals surface area contributed by atoms with E-state index in [2.05, 4.69) is 10.5 Å². The van der Waals surface area contributed by atoms with E-state index in [0.717, 1.165) is 0 Å². The lowest BCUT2D eigenvalue weighted by atomic mass is 9.97. The van der Waals surface area contributed by atoms with Gasteiger partial charge in [0.2, 0.25) is 5.91 Å². The number of carboxylic acid groups (broad SMARTS) is 1. The lowest BCUT2D eigenvalue weighted by Crippen LogP contribution is -2.30. The van der Waals surface area contributed by atoms with Crippen molar-refractivity contribution in [2.75, 3.05) is 0 Å². The van der Waals surface area contributed by atoms with Gasteiger partial charge in [0, 0.05) is 0 Å². The number of carbonyl (C=O) groups excluding carboxylic acids is 1. The number of hydrogen-bond acceptors (Lipinski definition) is 4. The first-order valence-electron chi connectivity index (χ1n) is 3.81. The number of nitrogens with one attached hydrogen (secondary N) is 1. The number of aliphatic hydroxyl groups is 1. The van der Waals surface area contributed by atoms with Gasteiger partial charge in [-0.25, -0.2) is 10.2 Å². The monoisotopic (exact) mass is 186 g/mol. The Hall–Kier alpha value is -1.43. The van der Waals surface area contributed by atoms with Gasteiger partial charge < -0.3 is 10.2 Å². The maximum absolute atomic E-state index is 11.0. The van der Waals surface area contributed by atoms with Gasteiger partial charge in [-0.05, 0) is 13.3 Å². The highest BCUT2D eigenvalue weighted by Gasteiger charge is 2.35. The molecule has 1 aliphatic rings.